The SMILES string of the molecule is CCOC(=O)c1ccc(N(Cc2cccnc2)C(=O)c2cccc(C)c2)cc1. The molecule has 5 nitrogen and oxygen atoms in total. The van der Waals surface area contributed by atoms with E-state index < -0.39 is 0 Å². The fourth-order valence-corrected chi connectivity index (χ4v) is 2.88. The van der Waals surface area contributed by atoms with Gasteiger partial charge in [-0.2, -0.15) is 0 Å². The molecule has 28 heavy (non-hydrogen) atoms. The highest BCUT2D eigenvalue weighted by molar-refractivity contribution is 6.06. The van der Waals surface area contributed by atoms with E-state index in [1.54, 1.807) is 54.5 Å². The number of carbonyl (C=O) groups excluding carboxylic acids is 2. The van der Waals surface area contributed by atoms with Crippen molar-refractivity contribution in [2.24, 2.45) is 0 Å². The Morgan fingerprint density at radius 2 is 1.79 bits per heavy atom. The van der Waals surface area contributed by atoms with E-state index in [0.717, 1.165) is 11.1 Å². The Bertz CT molecular complexity index is 953. The molecule has 1 amide bonds. The van der Waals surface area contributed by atoms with Crippen LogP contribution in [-0.2, 0) is 11.3 Å². The van der Waals surface area contributed by atoms with Gasteiger partial charge in [-0.05, 0) is 61.9 Å². The molecule has 0 N–H and O–H groups in total. The Morgan fingerprint density at radius 3 is 2.43 bits per heavy atom. The predicted molar refractivity (Wildman–Crippen MR) is 108 cm³/mol. The molecule has 0 spiro atoms. The first kappa shape index (κ1) is 19.3. The summed E-state index contributed by atoms with van der Waals surface area (Å²) in [6.07, 6.45) is 3.44. The van der Waals surface area contributed by atoms with E-state index in [0.29, 0.717) is 30.0 Å². The second-order valence-electron chi connectivity index (χ2n) is 6.39. The number of ether oxygens (including phenoxy) is 1. The van der Waals surface area contributed by atoms with Crippen LogP contribution in [0.2, 0.25) is 0 Å². The highest BCUT2D eigenvalue weighted by Crippen LogP contribution is 2.22. The summed E-state index contributed by atoms with van der Waals surface area (Å²) in [5.74, 6) is -0.491. The van der Waals surface area contributed by atoms with Crippen LogP contribution < -0.4 is 4.90 Å². The quantitative estimate of drug-likeness (QED) is 0.600. The number of hydrogen-bond donors (Lipinski definition) is 0. The second-order valence-corrected chi connectivity index (χ2v) is 6.39. The maximum Gasteiger partial charge on any atom is 0.338 e. The van der Waals surface area contributed by atoms with Crippen LogP contribution in [0.5, 0.6) is 0 Å². The van der Waals surface area contributed by atoms with Gasteiger partial charge in [0.05, 0.1) is 18.7 Å². The van der Waals surface area contributed by atoms with Gasteiger partial charge >= 0.3 is 5.97 Å². The maximum absolute atomic E-state index is 13.2. The number of carbonyl (C=O) groups is 2. The molecule has 0 radical (unpaired) electrons. The van der Waals surface area contributed by atoms with Gasteiger partial charge in [-0.15, -0.1) is 0 Å². The van der Waals surface area contributed by atoms with Crippen molar-refractivity contribution in [1.82, 2.24) is 4.98 Å². The molecule has 0 saturated carbocycles. The van der Waals surface area contributed by atoms with Crippen molar-refractivity contribution in [3.63, 3.8) is 0 Å². The molecule has 0 saturated heterocycles. The van der Waals surface area contributed by atoms with Crippen LogP contribution in [0, 0.1) is 6.92 Å². The van der Waals surface area contributed by atoms with E-state index in [1.807, 2.05) is 37.3 Å². The first-order valence-electron chi connectivity index (χ1n) is 9.13. The molecule has 3 aromatic rings. The molecule has 0 fully saturated rings. The Hall–Kier alpha value is -3.47. The zero-order chi connectivity index (χ0) is 19.9. The normalized spacial score (nSPS) is 10.4. The average Bonchev–Trinajstić information content (AvgIpc) is 2.72. The van der Waals surface area contributed by atoms with E-state index in [2.05, 4.69) is 4.98 Å². The highest BCUT2D eigenvalue weighted by Gasteiger charge is 2.19. The lowest BCUT2D eigenvalue weighted by Gasteiger charge is -2.23. The summed E-state index contributed by atoms with van der Waals surface area (Å²) in [6, 6.07) is 18.1. The molecule has 0 aliphatic carbocycles. The van der Waals surface area contributed by atoms with Crippen LogP contribution >= 0.6 is 0 Å². The van der Waals surface area contributed by atoms with Gasteiger partial charge in [-0.25, -0.2) is 4.79 Å². The Balaban J connectivity index is 1.94. The molecule has 1 aromatic heterocycles. The molecule has 0 bridgehead atoms. The fraction of sp³-hybridized carbons (Fsp3) is 0.174. The van der Waals surface area contributed by atoms with E-state index in [1.165, 1.54) is 0 Å². The van der Waals surface area contributed by atoms with Crippen LogP contribution in [0.1, 0.15) is 38.8 Å². The van der Waals surface area contributed by atoms with Crippen molar-refractivity contribution in [3.8, 4) is 0 Å². The van der Waals surface area contributed by atoms with E-state index in [4.69, 9.17) is 4.74 Å². The summed E-state index contributed by atoms with van der Waals surface area (Å²) < 4.78 is 5.03. The van der Waals surface area contributed by atoms with Crippen LogP contribution in [-0.4, -0.2) is 23.5 Å². The molecule has 3 rings (SSSR count). The Kier molecular flexibility index (Phi) is 6.17. The maximum atomic E-state index is 13.2. The van der Waals surface area contributed by atoms with Crippen LogP contribution in [0.25, 0.3) is 0 Å². The molecule has 0 atom stereocenters. The minimum Gasteiger partial charge on any atom is -0.462 e. The van der Waals surface area contributed by atoms with Gasteiger partial charge in [0.15, 0.2) is 0 Å². The third kappa shape index (κ3) is 4.62. The summed E-state index contributed by atoms with van der Waals surface area (Å²) in [7, 11) is 0. The molecule has 0 aliphatic heterocycles. The monoisotopic (exact) mass is 374 g/mol. The Labute approximate surface area is 164 Å². The van der Waals surface area contributed by atoms with Gasteiger partial charge in [-0.1, -0.05) is 23.8 Å². The highest BCUT2D eigenvalue weighted by atomic mass is 16.5. The Morgan fingerprint density at radius 1 is 1.00 bits per heavy atom. The van der Waals surface area contributed by atoms with Gasteiger partial charge in [0.25, 0.3) is 5.91 Å². The van der Waals surface area contributed by atoms with Crippen molar-refractivity contribution >= 4 is 17.6 Å². The first-order chi connectivity index (χ1) is 13.6. The van der Waals surface area contributed by atoms with Gasteiger partial charge in [0, 0.05) is 23.6 Å². The van der Waals surface area contributed by atoms with Crippen molar-refractivity contribution in [3.05, 3.63) is 95.3 Å². The number of pyridine rings is 1. The van der Waals surface area contributed by atoms with Gasteiger partial charge in [-0.3, -0.25) is 9.78 Å². The second kappa shape index (κ2) is 8.95. The number of anilines is 1. The summed E-state index contributed by atoms with van der Waals surface area (Å²) in [5.41, 5.74) is 3.69. The topological polar surface area (TPSA) is 59.5 Å². The van der Waals surface area contributed by atoms with Crippen molar-refractivity contribution in [2.75, 3.05) is 11.5 Å². The van der Waals surface area contributed by atoms with E-state index in [-0.39, 0.29) is 11.9 Å². The summed E-state index contributed by atoms with van der Waals surface area (Å²) in [5, 5.41) is 0. The minimum atomic E-state index is -0.377. The molecule has 0 unspecified atom stereocenters. The third-order valence-corrected chi connectivity index (χ3v) is 4.26. The third-order valence-electron chi connectivity index (χ3n) is 4.26. The number of nitrogens with zero attached hydrogens (tertiary/aromatic N) is 2. The number of esters is 1. The average molecular weight is 374 g/mol. The zero-order valence-electron chi connectivity index (χ0n) is 16.0. The number of aryl methyl sites for hydroxylation is 1. The molecular weight excluding hydrogens is 352 g/mol. The van der Waals surface area contributed by atoms with Crippen molar-refractivity contribution in [1.29, 1.82) is 0 Å². The summed E-state index contributed by atoms with van der Waals surface area (Å²) >= 11 is 0. The van der Waals surface area contributed by atoms with Gasteiger partial charge in [0.2, 0.25) is 0 Å². The predicted octanol–water partition coefficient (Wildman–Crippen LogP) is 4.41. The van der Waals surface area contributed by atoms with Crippen LogP contribution in [0.15, 0.2) is 73.1 Å². The number of rotatable bonds is 6. The van der Waals surface area contributed by atoms with Crippen LogP contribution in [0.4, 0.5) is 5.69 Å². The standard InChI is InChI=1S/C23H22N2O3/c1-3-28-23(27)19-9-11-21(12-10-19)25(16-18-7-5-13-24-15-18)22(26)20-8-4-6-17(2)14-20/h4-15H,3,16H2,1-2H3. The lowest BCUT2D eigenvalue weighted by molar-refractivity contribution is 0.0526. The minimum absolute atomic E-state index is 0.114. The lowest BCUT2D eigenvalue weighted by atomic mass is 10.1. The van der Waals surface area contributed by atoms with Gasteiger partial charge in [0.1, 0.15) is 0 Å². The van der Waals surface area contributed by atoms with Crippen molar-refractivity contribution < 1.29 is 14.3 Å². The number of aromatic nitrogens is 1. The summed E-state index contributed by atoms with van der Waals surface area (Å²) in [6.45, 7) is 4.41. The first-order valence-corrected chi connectivity index (χ1v) is 9.13. The molecule has 5 heteroatoms. The summed E-state index contributed by atoms with van der Waals surface area (Å²) in [4.78, 5) is 31.0. The number of hydrogen-bond acceptors (Lipinski definition) is 4. The largest absolute Gasteiger partial charge is 0.462 e. The number of benzene rings is 2. The molecule has 2 aromatic carbocycles. The van der Waals surface area contributed by atoms with Gasteiger partial charge < -0.3 is 9.64 Å². The zero-order valence-corrected chi connectivity index (χ0v) is 16.0. The smallest absolute Gasteiger partial charge is 0.338 e. The lowest BCUT2D eigenvalue weighted by Crippen LogP contribution is -2.30. The fourth-order valence-electron chi connectivity index (χ4n) is 2.88. The molecule has 1 heterocycles. The number of amides is 1. The molecule has 142 valence electrons. The van der Waals surface area contributed by atoms with Crippen LogP contribution in [0.3, 0.4) is 0 Å². The molecule has 0 aliphatic rings. The molecular formula is C23H22N2O3. The van der Waals surface area contributed by atoms with Crippen molar-refractivity contribution in [2.45, 2.75) is 20.4 Å². The van der Waals surface area contributed by atoms with E-state index >= 15 is 0 Å². The van der Waals surface area contributed by atoms with E-state index in [9.17, 15) is 9.59 Å².